The van der Waals surface area contributed by atoms with Gasteiger partial charge in [0.2, 0.25) is 0 Å². The summed E-state index contributed by atoms with van der Waals surface area (Å²) in [5.41, 5.74) is 0. The summed E-state index contributed by atoms with van der Waals surface area (Å²) in [7, 11) is 0. The minimum absolute atomic E-state index is 0.306. The molecule has 1 saturated heterocycles. The van der Waals surface area contributed by atoms with E-state index in [1.165, 1.54) is 0 Å². The number of hydrogen-bond donors (Lipinski definition) is 0. The van der Waals surface area contributed by atoms with E-state index in [-0.39, 0.29) is 0 Å². The van der Waals surface area contributed by atoms with Crippen LogP contribution in [0.15, 0.2) is 0 Å². The molecular weight excluding hydrogens is 115 g/mol. The first-order valence-electron chi connectivity index (χ1n) is 2.23. The van der Waals surface area contributed by atoms with E-state index >= 15 is 0 Å². The van der Waals surface area contributed by atoms with E-state index in [0.29, 0.717) is 13.2 Å². The fourth-order valence-electron chi connectivity index (χ4n) is 0.489. The lowest BCUT2D eigenvalue weighted by molar-refractivity contribution is -0.156. The first kappa shape index (κ1) is 5.65. The van der Waals surface area contributed by atoms with E-state index < -0.39 is 12.3 Å². The van der Waals surface area contributed by atoms with Crippen molar-refractivity contribution in [1.29, 1.82) is 0 Å². The maximum atomic E-state index is 11.5. The van der Waals surface area contributed by atoms with Gasteiger partial charge in [-0.1, -0.05) is 0 Å². The molecule has 1 aliphatic rings. The maximum absolute atomic E-state index is 11.5. The van der Waals surface area contributed by atoms with Crippen LogP contribution in [0.25, 0.3) is 0 Å². The van der Waals surface area contributed by atoms with E-state index in [2.05, 4.69) is 9.47 Å². The van der Waals surface area contributed by atoms with Gasteiger partial charge in [0.05, 0.1) is 13.2 Å². The summed E-state index contributed by atoms with van der Waals surface area (Å²) >= 11 is 0. The summed E-state index contributed by atoms with van der Waals surface area (Å²) in [5.74, 6) is 0. The largest absolute Gasteiger partial charge is 0.357 e. The highest BCUT2D eigenvalue weighted by Crippen LogP contribution is 2.04. The number of carbonyl (C=O) groups excluding carboxylic acids is 1. The zero-order valence-electron chi connectivity index (χ0n) is 4.09. The van der Waals surface area contributed by atoms with Gasteiger partial charge in [0.15, 0.2) is 0 Å². The normalized spacial score (nSPS) is 21.6. The molecule has 1 rings (SSSR count). The molecular formula is C4H5FO3. The van der Waals surface area contributed by atoms with Crippen molar-refractivity contribution in [2.45, 2.75) is 6.29 Å². The Morgan fingerprint density at radius 2 is 2.00 bits per heavy atom. The molecule has 0 N–H and O–H groups in total. The van der Waals surface area contributed by atoms with Gasteiger partial charge in [0.1, 0.15) is 0 Å². The molecule has 1 fully saturated rings. The van der Waals surface area contributed by atoms with Gasteiger partial charge < -0.3 is 9.47 Å². The Morgan fingerprint density at radius 3 is 2.25 bits per heavy atom. The molecule has 1 heterocycles. The highest BCUT2D eigenvalue weighted by Gasteiger charge is 2.23. The predicted molar refractivity (Wildman–Crippen MR) is 21.8 cm³/mol. The van der Waals surface area contributed by atoms with Crippen LogP contribution in [0, 0.1) is 0 Å². The average Bonchev–Trinajstić information content (AvgIpc) is 2.12. The topological polar surface area (TPSA) is 35.5 Å². The second-order valence-corrected chi connectivity index (χ2v) is 1.38. The highest BCUT2D eigenvalue weighted by atomic mass is 19.1. The van der Waals surface area contributed by atoms with Gasteiger partial charge in [-0.15, -0.1) is 0 Å². The van der Waals surface area contributed by atoms with E-state index in [0.717, 1.165) is 0 Å². The number of halogens is 1. The molecule has 0 aromatic carbocycles. The Labute approximate surface area is 45.4 Å². The van der Waals surface area contributed by atoms with Crippen molar-refractivity contribution < 1.29 is 18.7 Å². The van der Waals surface area contributed by atoms with Crippen LogP contribution in [0.2, 0.25) is 0 Å². The Bertz CT molecular complexity index is 97.5. The fourth-order valence-corrected chi connectivity index (χ4v) is 0.489. The van der Waals surface area contributed by atoms with Crippen LogP contribution >= 0.6 is 0 Å². The van der Waals surface area contributed by atoms with Crippen LogP contribution in [-0.4, -0.2) is 25.5 Å². The maximum Gasteiger partial charge on any atom is 0.357 e. The monoisotopic (exact) mass is 120 g/mol. The van der Waals surface area contributed by atoms with E-state index in [1.807, 2.05) is 0 Å². The van der Waals surface area contributed by atoms with E-state index in [9.17, 15) is 9.18 Å². The number of ether oxygens (including phenoxy) is 2. The second kappa shape index (κ2) is 2.19. The molecule has 46 valence electrons. The van der Waals surface area contributed by atoms with Gasteiger partial charge in [-0.2, -0.15) is 4.39 Å². The van der Waals surface area contributed by atoms with Gasteiger partial charge >= 0.3 is 6.04 Å². The SMILES string of the molecule is O=C(F)C1OCCO1. The van der Waals surface area contributed by atoms with Gasteiger partial charge in [-0.3, -0.25) is 4.79 Å². The van der Waals surface area contributed by atoms with Crippen molar-refractivity contribution in [3.63, 3.8) is 0 Å². The zero-order valence-corrected chi connectivity index (χ0v) is 4.09. The van der Waals surface area contributed by atoms with Gasteiger partial charge in [-0.25, -0.2) is 0 Å². The molecule has 0 amide bonds. The van der Waals surface area contributed by atoms with Crippen LogP contribution in [0.5, 0.6) is 0 Å². The smallest absolute Gasteiger partial charge is 0.341 e. The molecule has 0 radical (unpaired) electrons. The molecule has 0 aliphatic carbocycles. The van der Waals surface area contributed by atoms with E-state index in [4.69, 9.17) is 0 Å². The van der Waals surface area contributed by atoms with Crippen molar-refractivity contribution in [2.75, 3.05) is 13.2 Å². The average molecular weight is 120 g/mol. The van der Waals surface area contributed by atoms with Crippen molar-refractivity contribution >= 4 is 6.04 Å². The third-order valence-corrected chi connectivity index (χ3v) is 0.807. The summed E-state index contributed by atoms with van der Waals surface area (Å²) in [4.78, 5) is 9.73. The quantitative estimate of drug-likeness (QED) is 0.451. The van der Waals surface area contributed by atoms with Crippen LogP contribution in [0.3, 0.4) is 0 Å². The molecule has 0 bridgehead atoms. The zero-order chi connectivity index (χ0) is 5.98. The second-order valence-electron chi connectivity index (χ2n) is 1.38. The fraction of sp³-hybridized carbons (Fsp3) is 0.750. The van der Waals surface area contributed by atoms with Crippen LogP contribution < -0.4 is 0 Å². The predicted octanol–water partition coefficient (Wildman–Crippen LogP) is -0.145. The Morgan fingerprint density at radius 1 is 1.50 bits per heavy atom. The molecule has 0 atom stereocenters. The number of hydrogen-bond acceptors (Lipinski definition) is 3. The molecule has 4 heteroatoms. The number of rotatable bonds is 1. The van der Waals surface area contributed by atoms with Crippen LogP contribution in [0.1, 0.15) is 0 Å². The summed E-state index contributed by atoms with van der Waals surface area (Å²) < 4.78 is 20.5. The molecule has 0 saturated carbocycles. The molecule has 0 spiro atoms. The summed E-state index contributed by atoms with van der Waals surface area (Å²) in [6.07, 6.45) is -1.24. The van der Waals surface area contributed by atoms with Crippen molar-refractivity contribution in [3.05, 3.63) is 0 Å². The van der Waals surface area contributed by atoms with E-state index in [1.54, 1.807) is 0 Å². The van der Waals surface area contributed by atoms with Gasteiger partial charge in [0, 0.05) is 0 Å². The minimum Gasteiger partial charge on any atom is -0.341 e. The van der Waals surface area contributed by atoms with Crippen molar-refractivity contribution in [3.8, 4) is 0 Å². The molecule has 0 aromatic heterocycles. The standard InChI is InChI=1S/C4H5FO3/c5-3(6)4-7-1-2-8-4/h4H,1-2H2. The van der Waals surface area contributed by atoms with Gasteiger partial charge in [-0.05, 0) is 0 Å². The molecule has 0 unspecified atom stereocenters. The molecule has 0 aromatic rings. The lowest BCUT2D eigenvalue weighted by atomic mass is 10.7. The Balaban J connectivity index is 2.35. The Hall–Kier alpha value is -0.480. The third kappa shape index (κ3) is 1.02. The molecule has 1 aliphatic heterocycles. The first-order valence-corrected chi connectivity index (χ1v) is 2.23. The number of carbonyl (C=O) groups is 1. The summed E-state index contributed by atoms with van der Waals surface area (Å²) in [6, 6.07) is -1.55. The third-order valence-electron chi connectivity index (χ3n) is 0.807. The molecule has 8 heavy (non-hydrogen) atoms. The van der Waals surface area contributed by atoms with Crippen LogP contribution in [0.4, 0.5) is 4.39 Å². The van der Waals surface area contributed by atoms with Crippen LogP contribution in [-0.2, 0) is 14.3 Å². The van der Waals surface area contributed by atoms with Crippen molar-refractivity contribution in [1.82, 2.24) is 0 Å². The van der Waals surface area contributed by atoms with Crippen molar-refractivity contribution in [2.24, 2.45) is 0 Å². The van der Waals surface area contributed by atoms with Gasteiger partial charge in [0.25, 0.3) is 6.29 Å². The highest BCUT2D eigenvalue weighted by molar-refractivity contribution is 5.71. The summed E-state index contributed by atoms with van der Waals surface area (Å²) in [5, 5.41) is 0. The lowest BCUT2D eigenvalue weighted by Crippen LogP contribution is -2.15. The Kier molecular flexibility index (Phi) is 1.55. The molecule has 3 nitrogen and oxygen atoms in total. The minimum atomic E-state index is -1.55. The first-order chi connectivity index (χ1) is 3.80. The lowest BCUT2D eigenvalue weighted by Gasteiger charge is -1.97. The summed E-state index contributed by atoms with van der Waals surface area (Å²) in [6.45, 7) is 0.612.